The number of aromatic amines is 1. The van der Waals surface area contributed by atoms with E-state index in [0.717, 1.165) is 29.6 Å². The highest BCUT2D eigenvalue weighted by atomic mass is 16.5. The van der Waals surface area contributed by atoms with E-state index < -0.39 is 6.10 Å². The number of aliphatic hydroxyl groups excluding tert-OH is 1. The molecule has 0 radical (unpaired) electrons. The Bertz CT molecular complexity index is 1250. The molecule has 0 amide bonds. The van der Waals surface area contributed by atoms with E-state index in [1.54, 1.807) is 12.1 Å². The van der Waals surface area contributed by atoms with Crippen molar-refractivity contribution in [1.82, 2.24) is 9.55 Å². The van der Waals surface area contributed by atoms with Crippen LogP contribution in [0.3, 0.4) is 0 Å². The molecule has 0 aliphatic rings. The number of fused-ring (bicyclic) bond motifs is 1. The minimum absolute atomic E-state index is 0.130. The van der Waals surface area contributed by atoms with Crippen molar-refractivity contribution >= 4 is 17.0 Å². The summed E-state index contributed by atoms with van der Waals surface area (Å²) in [5, 5.41) is 11.6. The summed E-state index contributed by atoms with van der Waals surface area (Å²) in [7, 11) is 0. The molecule has 4 aromatic rings. The molecule has 0 saturated heterocycles. The molecular formula is C27H28N2O3. The van der Waals surface area contributed by atoms with E-state index >= 15 is 0 Å². The molecule has 0 saturated carbocycles. The molecule has 2 heterocycles. The van der Waals surface area contributed by atoms with Gasteiger partial charge in [0.1, 0.15) is 12.4 Å². The van der Waals surface area contributed by atoms with Crippen molar-refractivity contribution in [3.05, 3.63) is 106 Å². The Hall–Kier alpha value is -3.57. The van der Waals surface area contributed by atoms with Gasteiger partial charge in [-0.3, -0.25) is 4.79 Å². The highest BCUT2D eigenvalue weighted by molar-refractivity contribution is 5.79. The Morgan fingerprint density at radius 1 is 1.09 bits per heavy atom. The molecule has 0 spiro atoms. The maximum atomic E-state index is 11.4. The number of pyridine rings is 1. The average molecular weight is 429 g/mol. The summed E-state index contributed by atoms with van der Waals surface area (Å²) in [5.41, 5.74) is 4.18. The molecule has 2 N–H and O–H groups in total. The molecule has 32 heavy (non-hydrogen) atoms. The first kappa shape index (κ1) is 21.7. The number of nitrogens with zero attached hydrogens (tertiary/aromatic N) is 1. The van der Waals surface area contributed by atoms with Crippen LogP contribution < -0.4 is 10.3 Å². The van der Waals surface area contributed by atoms with Gasteiger partial charge >= 0.3 is 0 Å². The minimum Gasteiger partial charge on any atom is -0.491 e. The number of H-pyrrole nitrogens is 1. The lowest BCUT2D eigenvalue weighted by Crippen LogP contribution is -2.22. The van der Waals surface area contributed by atoms with Gasteiger partial charge in [0.05, 0.1) is 6.10 Å². The van der Waals surface area contributed by atoms with E-state index in [1.807, 2.05) is 30.3 Å². The normalized spacial score (nSPS) is 12.4. The van der Waals surface area contributed by atoms with Gasteiger partial charge in [-0.2, -0.15) is 0 Å². The van der Waals surface area contributed by atoms with Gasteiger partial charge in [0.15, 0.2) is 0 Å². The molecule has 1 atom stereocenters. The van der Waals surface area contributed by atoms with Crippen LogP contribution in [0, 0.1) is 0 Å². The average Bonchev–Trinajstić information content (AvgIpc) is 3.19. The third kappa shape index (κ3) is 5.37. The number of allylic oxidation sites excluding steroid dienone is 1. The van der Waals surface area contributed by atoms with Crippen molar-refractivity contribution in [2.75, 3.05) is 6.61 Å². The van der Waals surface area contributed by atoms with Crippen LogP contribution in [0.2, 0.25) is 0 Å². The third-order valence-electron chi connectivity index (χ3n) is 5.53. The summed E-state index contributed by atoms with van der Waals surface area (Å²) < 4.78 is 8.03. The number of hydrogen-bond acceptors (Lipinski definition) is 3. The van der Waals surface area contributed by atoms with E-state index in [4.69, 9.17) is 4.74 Å². The summed E-state index contributed by atoms with van der Waals surface area (Å²) in [4.78, 5) is 14.2. The quantitative estimate of drug-likeness (QED) is 0.410. The van der Waals surface area contributed by atoms with Crippen LogP contribution in [0.15, 0.2) is 83.8 Å². The number of ether oxygens (including phenoxy) is 1. The zero-order valence-corrected chi connectivity index (χ0v) is 18.2. The van der Waals surface area contributed by atoms with Crippen molar-refractivity contribution in [1.29, 1.82) is 0 Å². The Balaban J connectivity index is 1.39. The van der Waals surface area contributed by atoms with Gasteiger partial charge in [0.2, 0.25) is 5.56 Å². The number of nitrogens with one attached hydrogen (secondary N) is 1. The summed E-state index contributed by atoms with van der Waals surface area (Å²) in [6, 6.07) is 21.1. The topological polar surface area (TPSA) is 67.2 Å². The zero-order valence-electron chi connectivity index (χ0n) is 18.2. The smallest absolute Gasteiger partial charge is 0.248 e. The van der Waals surface area contributed by atoms with Crippen LogP contribution in [0.5, 0.6) is 5.75 Å². The molecule has 5 nitrogen and oxygen atoms in total. The standard InChI is InChI=1S/C27H28N2O3/c1-2-21-14-16-29(15-6-9-20-7-4-3-5-8-20)26(21)18-23(30)19-32-24-11-12-25-22(17-24)10-13-27(31)28-25/h3-14,16-17,23,30H,2,15,18-19H2,1H3,(H,28,31). The highest BCUT2D eigenvalue weighted by Gasteiger charge is 2.14. The van der Waals surface area contributed by atoms with Crippen LogP contribution >= 0.6 is 0 Å². The molecule has 5 heteroatoms. The third-order valence-corrected chi connectivity index (χ3v) is 5.53. The second-order valence-electron chi connectivity index (χ2n) is 7.85. The van der Waals surface area contributed by atoms with E-state index in [9.17, 15) is 9.90 Å². The number of aliphatic hydroxyl groups is 1. The van der Waals surface area contributed by atoms with Gasteiger partial charge in [-0.15, -0.1) is 0 Å². The predicted octanol–water partition coefficient (Wildman–Crippen LogP) is 4.59. The van der Waals surface area contributed by atoms with Gasteiger partial charge in [0, 0.05) is 41.8 Å². The van der Waals surface area contributed by atoms with Crippen LogP contribution in [0.25, 0.3) is 17.0 Å². The van der Waals surface area contributed by atoms with Crippen molar-refractivity contribution in [2.45, 2.75) is 32.4 Å². The lowest BCUT2D eigenvalue weighted by atomic mass is 10.1. The fourth-order valence-corrected chi connectivity index (χ4v) is 3.86. The fraction of sp³-hybridized carbons (Fsp3) is 0.222. The molecule has 0 aliphatic carbocycles. The first-order chi connectivity index (χ1) is 15.6. The van der Waals surface area contributed by atoms with E-state index in [1.165, 1.54) is 17.2 Å². The van der Waals surface area contributed by atoms with Crippen molar-refractivity contribution in [2.24, 2.45) is 0 Å². The molecule has 2 aromatic heterocycles. The second-order valence-corrected chi connectivity index (χ2v) is 7.85. The predicted molar refractivity (Wildman–Crippen MR) is 129 cm³/mol. The molecular weight excluding hydrogens is 400 g/mol. The first-order valence-electron chi connectivity index (χ1n) is 10.9. The monoisotopic (exact) mass is 428 g/mol. The summed E-state index contributed by atoms with van der Waals surface area (Å²) in [5.74, 6) is 0.667. The maximum absolute atomic E-state index is 11.4. The Morgan fingerprint density at radius 3 is 2.75 bits per heavy atom. The molecule has 4 rings (SSSR count). The lowest BCUT2D eigenvalue weighted by molar-refractivity contribution is 0.106. The number of rotatable bonds is 9. The summed E-state index contributed by atoms with van der Waals surface area (Å²) in [6.07, 6.45) is 7.15. The van der Waals surface area contributed by atoms with Crippen molar-refractivity contribution in [3.63, 3.8) is 0 Å². The molecule has 0 bridgehead atoms. The number of benzene rings is 2. The SMILES string of the molecule is CCc1ccn(CC=Cc2ccccc2)c1CC(O)COc1ccc2[nH]c(=O)ccc2c1. The fourth-order valence-electron chi connectivity index (χ4n) is 3.86. The minimum atomic E-state index is -0.627. The van der Waals surface area contributed by atoms with Crippen LogP contribution in [0.1, 0.15) is 23.7 Å². The molecule has 2 aromatic carbocycles. The number of aromatic nitrogens is 2. The van der Waals surface area contributed by atoms with E-state index in [2.05, 4.69) is 53.0 Å². The second kappa shape index (κ2) is 10.2. The van der Waals surface area contributed by atoms with Crippen molar-refractivity contribution < 1.29 is 9.84 Å². The van der Waals surface area contributed by atoms with Crippen LogP contribution in [0.4, 0.5) is 0 Å². The maximum Gasteiger partial charge on any atom is 0.248 e. The van der Waals surface area contributed by atoms with E-state index in [-0.39, 0.29) is 12.2 Å². The number of hydrogen-bond donors (Lipinski definition) is 2. The molecule has 0 aliphatic heterocycles. The van der Waals surface area contributed by atoms with Gasteiger partial charge in [-0.25, -0.2) is 0 Å². The van der Waals surface area contributed by atoms with Crippen LogP contribution in [-0.2, 0) is 19.4 Å². The van der Waals surface area contributed by atoms with E-state index in [0.29, 0.717) is 12.2 Å². The highest BCUT2D eigenvalue weighted by Crippen LogP contribution is 2.20. The van der Waals surface area contributed by atoms with Gasteiger partial charge in [-0.05, 0) is 47.9 Å². The summed E-state index contributed by atoms with van der Waals surface area (Å²) >= 11 is 0. The van der Waals surface area contributed by atoms with Gasteiger partial charge in [-0.1, -0.05) is 49.4 Å². The first-order valence-corrected chi connectivity index (χ1v) is 10.9. The zero-order chi connectivity index (χ0) is 22.3. The van der Waals surface area contributed by atoms with Gasteiger partial charge in [0.25, 0.3) is 0 Å². The van der Waals surface area contributed by atoms with Crippen LogP contribution in [-0.4, -0.2) is 27.4 Å². The Labute approximate surface area is 187 Å². The largest absolute Gasteiger partial charge is 0.491 e. The summed E-state index contributed by atoms with van der Waals surface area (Å²) in [6.45, 7) is 3.08. The van der Waals surface area contributed by atoms with Crippen molar-refractivity contribution in [3.8, 4) is 5.75 Å². The Kier molecular flexibility index (Phi) is 6.87. The molecule has 164 valence electrons. The molecule has 1 unspecified atom stereocenters. The Morgan fingerprint density at radius 2 is 1.94 bits per heavy atom. The number of aryl methyl sites for hydroxylation is 1. The van der Waals surface area contributed by atoms with Gasteiger partial charge < -0.3 is 19.4 Å². The molecule has 0 fully saturated rings. The lowest BCUT2D eigenvalue weighted by Gasteiger charge is -2.16.